The van der Waals surface area contributed by atoms with Crippen LogP contribution < -0.4 is 0 Å². The summed E-state index contributed by atoms with van der Waals surface area (Å²) in [6, 6.07) is 0. The van der Waals surface area contributed by atoms with Gasteiger partial charge in [-0.1, -0.05) is 0 Å². The van der Waals surface area contributed by atoms with E-state index in [4.69, 9.17) is 0 Å². The van der Waals surface area contributed by atoms with Crippen molar-refractivity contribution in [3.63, 3.8) is 0 Å². The quantitative estimate of drug-likeness (QED) is 0.732. The molecule has 0 spiro atoms. The van der Waals surface area contributed by atoms with Crippen LogP contribution in [0.2, 0.25) is 0 Å². The maximum atomic E-state index is 11.2. The van der Waals surface area contributed by atoms with Crippen molar-refractivity contribution in [1.82, 2.24) is 0 Å². The third kappa shape index (κ3) is 4.67. The van der Waals surface area contributed by atoms with E-state index in [-0.39, 0.29) is 11.7 Å². The molecule has 2 unspecified atom stereocenters. The lowest BCUT2D eigenvalue weighted by Crippen LogP contribution is -2.14. The summed E-state index contributed by atoms with van der Waals surface area (Å²) in [7, 11) is -2.81. The van der Waals surface area contributed by atoms with Crippen molar-refractivity contribution < 1.29 is 13.5 Å². The van der Waals surface area contributed by atoms with Crippen molar-refractivity contribution in [2.75, 3.05) is 11.5 Å². The van der Waals surface area contributed by atoms with Gasteiger partial charge in [-0.2, -0.15) is 0 Å². The molecule has 1 aliphatic heterocycles. The summed E-state index contributed by atoms with van der Waals surface area (Å²) in [5.74, 6) is 6.36. The van der Waals surface area contributed by atoms with Gasteiger partial charge in [0, 0.05) is 6.42 Å². The van der Waals surface area contributed by atoms with Crippen molar-refractivity contribution in [3.8, 4) is 11.8 Å². The second-order valence-electron chi connectivity index (χ2n) is 4.12. The van der Waals surface area contributed by atoms with Gasteiger partial charge in [-0.3, -0.25) is 0 Å². The second-order valence-corrected chi connectivity index (χ2v) is 6.35. The topological polar surface area (TPSA) is 54.4 Å². The van der Waals surface area contributed by atoms with Crippen molar-refractivity contribution in [3.05, 3.63) is 0 Å². The maximum absolute atomic E-state index is 11.2. The summed E-state index contributed by atoms with van der Waals surface area (Å²) in [4.78, 5) is 0. The fourth-order valence-corrected chi connectivity index (χ4v) is 3.80. The van der Waals surface area contributed by atoms with E-state index in [9.17, 15) is 13.5 Å². The molecule has 86 valence electrons. The van der Waals surface area contributed by atoms with E-state index >= 15 is 0 Å². The highest BCUT2D eigenvalue weighted by Gasteiger charge is 2.28. The Labute approximate surface area is 91.8 Å². The van der Waals surface area contributed by atoms with Gasteiger partial charge < -0.3 is 5.11 Å². The molecule has 2 atom stereocenters. The van der Waals surface area contributed by atoms with Gasteiger partial charge in [-0.05, 0) is 32.1 Å². The zero-order valence-corrected chi connectivity index (χ0v) is 9.89. The predicted octanol–water partition coefficient (Wildman–Crippen LogP) is 0.976. The maximum Gasteiger partial charge on any atom is 0.150 e. The van der Waals surface area contributed by atoms with Gasteiger partial charge in [-0.25, -0.2) is 8.42 Å². The third-order valence-electron chi connectivity index (χ3n) is 2.71. The van der Waals surface area contributed by atoms with Crippen LogP contribution in [0, 0.1) is 17.8 Å². The van der Waals surface area contributed by atoms with Gasteiger partial charge >= 0.3 is 0 Å². The van der Waals surface area contributed by atoms with Crippen LogP contribution in [0.25, 0.3) is 0 Å². The van der Waals surface area contributed by atoms with Gasteiger partial charge in [0.25, 0.3) is 0 Å². The van der Waals surface area contributed by atoms with Crippen LogP contribution in [-0.2, 0) is 9.84 Å². The van der Waals surface area contributed by atoms with Gasteiger partial charge in [0.15, 0.2) is 9.84 Å². The minimum atomic E-state index is -2.81. The molecule has 4 heteroatoms. The highest BCUT2D eigenvalue weighted by atomic mass is 32.2. The second kappa shape index (κ2) is 5.53. The molecule has 0 aromatic carbocycles. The molecule has 1 aliphatic rings. The molecule has 0 aromatic rings. The van der Waals surface area contributed by atoms with Crippen LogP contribution in [0.1, 0.15) is 32.6 Å². The smallest absolute Gasteiger partial charge is 0.150 e. The van der Waals surface area contributed by atoms with Crippen LogP contribution in [0.15, 0.2) is 0 Å². The number of rotatable bonds is 4. The number of aliphatic hydroxyl groups is 1. The molecule has 0 amide bonds. The Hall–Kier alpha value is -0.530. The molecule has 1 rings (SSSR count). The average Bonchev–Trinajstić information content (AvgIpc) is 2.46. The first kappa shape index (κ1) is 12.5. The summed E-state index contributed by atoms with van der Waals surface area (Å²) in [6.07, 6.45) is 2.25. The molecule has 0 aliphatic carbocycles. The van der Waals surface area contributed by atoms with Gasteiger partial charge in [-0.15, -0.1) is 11.8 Å². The van der Waals surface area contributed by atoms with Crippen LogP contribution in [0.5, 0.6) is 0 Å². The van der Waals surface area contributed by atoms with E-state index in [2.05, 4.69) is 11.8 Å². The monoisotopic (exact) mass is 230 g/mol. The van der Waals surface area contributed by atoms with Crippen molar-refractivity contribution in [2.45, 2.75) is 38.7 Å². The van der Waals surface area contributed by atoms with Gasteiger partial charge in [0.05, 0.1) is 17.6 Å². The van der Waals surface area contributed by atoms with Crippen LogP contribution >= 0.6 is 0 Å². The predicted molar refractivity (Wildman–Crippen MR) is 60.1 cm³/mol. The Bertz CT molecular complexity index is 348. The molecule has 1 heterocycles. The summed E-state index contributed by atoms with van der Waals surface area (Å²) < 4.78 is 22.4. The molecule has 15 heavy (non-hydrogen) atoms. The summed E-state index contributed by atoms with van der Waals surface area (Å²) in [5.41, 5.74) is 0. The molecule has 0 radical (unpaired) electrons. The van der Waals surface area contributed by atoms with Crippen LogP contribution in [0.4, 0.5) is 0 Å². The van der Waals surface area contributed by atoms with E-state index in [0.717, 1.165) is 0 Å². The number of hydrogen-bond acceptors (Lipinski definition) is 3. The lowest BCUT2D eigenvalue weighted by molar-refractivity contribution is 0.139. The first-order valence-corrected chi connectivity index (χ1v) is 7.14. The first-order valence-electron chi connectivity index (χ1n) is 5.31. The molecule has 0 saturated carbocycles. The minimum Gasteiger partial charge on any atom is -0.393 e. The van der Waals surface area contributed by atoms with E-state index in [1.54, 1.807) is 6.92 Å². The Balaban J connectivity index is 2.26. The Morgan fingerprint density at radius 3 is 2.80 bits per heavy atom. The number of aliphatic hydroxyl groups excluding tert-OH is 1. The Morgan fingerprint density at radius 1 is 1.53 bits per heavy atom. The normalized spacial score (nSPS) is 25.6. The lowest BCUT2D eigenvalue weighted by atomic mass is 9.98. The summed E-state index contributed by atoms with van der Waals surface area (Å²) in [5, 5.41) is 9.64. The summed E-state index contributed by atoms with van der Waals surface area (Å²) in [6.45, 7) is 1.77. The molecule has 0 aromatic heterocycles. The Morgan fingerprint density at radius 2 is 2.27 bits per heavy atom. The van der Waals surface area contributed by atoms with Gasteiger partial charge in [0.2, 0.25) is 0 Å². The molecule has 0 bridgehead atoms. The fraction of sp³-hybridized carbons (Fsp3) is 0.818. The minimum absolute atomic E-state index is 0.152. The van der Waals surface area contributed by atoms with E-state index in [1.165, 1.54) is 0 Å². The first-order chi connectivity index (χ1) is 7.03. The number of sulfone groups is 1. The van der Waals surface area contributed by atoms with E-state index in [1.807, 2.05) is 0 Å². The zero-order valence-electron chi connectivity index (χ0n) is 9.07. The van der Waals surface area contributed by atoms with E-state index < -0.39 is 15.9 Å². The average molecular weight is 230 g/mol. The number of hydrogen-bond donors (Lipinski definition) is 1. The molecule has 3 nitrogen and oxygen atoms in total. The lowest BCUT2D eigenvalue weighted by Gasteiger charge is -2.12. The fourth-order valence-electron chi connectivity index (χ4n) is 1.92. The van der Waals surface area contributed by atoms with Crippen LogP contribution in [0.3, 0.4) is 0 Å². The van der Waals surface area contributed by atoms with Crippen molar-refractivity contribution >= 4 is 9.84 Å². The molecular formula is C11H18O3S. The zero-order chi connectivity index (χ0) is 11.3. The molecule has 1 fully saturated rings. The molecule has 1 N–H and O–H groups in total. The third-order valence-corrected chi connectivity index (χ3v) is 4.55. The van der Waals surface area contributed by atoms with Crippen molar-refractivity contribution in [2.24, 2.45) is 5.92 Å². The largest absolute Gasteiger partial charge is 0.393 e. The SMILES string of the molecule is CC#CCCC(O)CC1CCS(=O)(=O)C1. The van der Waals surface area contributed by atoms with Crippen LogP contribution in [-0.4, -0.2) is 31.1 Å². The summed E-state index contributed by atoms with van der Waals surface area (Å²) >= 11 is 0. The molecular weight excluding hydrogens is 212 g/mol. The standard InChI is InChI=1S/C11H18O3S/c1-2-3-4-5-11(12)8-10-6-7-15(13,14)9-10/h10-12H,4-9H2,1H3. The highest BCUT2D eigenvalue weighted by molar-refractivity contribution is 7.91. The van der Waals surface area contributed by atoms with Crippen molar-refractivity contribution in [1.29, 1.82) is 0 Å². The Kier molecular flexibility index (Phi) is 4.62. The van der Waals surface area contributed by atoms with E-state index in [0.29, 0.717) is 31.4 Å². The molecule has 1 saturated heterocycles. The highest BCUT2D eigenvalue weighted by Crippen LogP contribution is 2.23. The van der Waals surface area contributed by atoms with Gasteiger partial charge in [0.1, 0.15) is 0 Å².